The monoisotopic (exact) mass is 275 g/mol. The molecule has 0 saturated heterocycles. The molecular formula is C11H16F3N5. The Kier molecular flexibility index (Phi) is 3.42. The third-order valence-corrected chi connectivity index (χ3v) is 2.97. The van der Waals surface area contributed by atoms with E-state index in [0.717, 1.165) is 5.69 Å². The number of anilines is 1. The van der Waals surface area contributed by atoms with Crippen molar-refractivity contribution in [2.45, 2.75) is 46.0 Å². The molecule has 2 N–H and O–H groups in total. The van der Waals surface area contributed by atoms with E-state index in [1.165, 1.54) is 0 Å². The highest BCUT2D eigenvalue weighted by molar-refractivity contribution is 5.77. The van der Waals surface area contributed by atoms with Gasteiger partial charge >= 0.3 is 6.18 Å². The first kappa shape index (κ1) is 13.7. The Labute approximate surface area is 108 Å². The number of aryl methyl sites for hydroxylation is 3. The number of alkyl halides is 3. The minimum absolute atomic E-state index is 0.0207. The average Bonchev–Trinajstić information content (AvgIpc) is 2.77. The fraction of sp³-hybridized carbons (Fsp3) is 0.636. The molecule has 0 atom stereocenters. The van der Waals surface area contributed by atoms with Crippen LogP contribution in [0.1, 0.15) is 25.5 Å². The Morgan fingerprint density at radius 3 is 2.58 bits per heavy atom. The largest absolute Gasteiger partial charge is 0.389 e. The van der Waals surface area contributed by atoms with Crippen molar-refractivity contribution >= 4 is 17.1 Å². The van der Waals surface area contributed by atoms with Crippen LogP contribution in [0.15, 0.2) is 0 Å². The lowest BCUT2D eigenvalue weighted by Gasteiger charge is -2.09. The Morgan fingerprint density at radius 1 is 1.32 bits per heavy atom. The standard InChI is InChI=1S/C11H16F3N5/c1-3-19-9-8(7(2)17-19)16-10(15)18(9)6-4-5-11(12,13)14/h3-6H2,1-2H3,(H2,15,16). The summed E-state index contributed by atoms with van der Waals surface area (Å²) in [7, 11) is 0. The minimum atomic E-state index is -4.14. The van der Waals surface area contributed by atoms with E-state index in [1.807, 2.05) is 6.92 Å². The second-order valence-electron chi connectivity index (χ2n) is 4.41. The molecule has 0 bridgehead atoms. The molecule has 2 rings (SSSR count). The Balaban J connectivity index is 2.29. The summed E-state index contributed by atoms with van der Waals surface area (Å²) in [6, 6.07) is 0. The summed E-state index contributed by atoms with van der Waals surface area (Å²) in [4.78, 5) is 4.17. The highest BCUT2D eigenvalue weighted by Crippen LogP contribution is 2.25. The lowest BCUT2D eigenvalue weighted by Crippen LogP contribution is -2.12. The number of fused-ring (bicyclic) bond motifs is 1. The quantitative estimate of drug-likeness (QED) is 0.932. The van der Waals surface area contributed by atoms with Crippen LogP contribution in [0.3, 0.4) is 0 Å². The van der Waals surface area contributed by atoms with E-state index in [0.29, 0.717) is 17.7 Å². The number of hydrogen-bond donors (Lipinski definition) is 1. The molecule has 0 aliphatic carbocycles. The van der Waals surface area contributed by atoms with Crippen LogP contribution in [-0.2, 0) is 13.1 Å². The first-order valence-corrected chi connectivity index (χ1v) is 6.09. The van der Waals surface area contributed by atoms with Gasteiger partial charge in [0.25, 0.3) is 0 Å². The van der Waals surface area contributed by atoms with E-state index in [-0.39, 0.29) is 18.9 Å². The normalized spacial score (nSPS) is 12.5. The number of nitrogen functional groups attached to an aromatic ring is 1. The third-order valence-electron chi connectivity index (χ3n) is 2.97. The summed E-state index contributed by atoms with van der Waals surface area (Å²) in [5, 5.41) is 4.28. The van der Waals surface area contributed by atoms with E-state index in [9.17, 15) is 13.2 Å². The molecule has 106 valence electrons. The zero-order chi connectivity index (χ0) is 14.2. The SMILES string of the molecule is CCn1nc(C)c2nc(N)n(CCCC(F)(F)F)c21. The summed E-state index contributed by atoms with van der Waals surface area (Å²) < 4.78 is 39.8. The van der Waals surface area contributed by atoms with Gasteiger partial charge in [0.1, 0.15) is 5.52 Å². The Bertz CT molecular complexity index is 581. The van der Waals surface area contributed by atoms with Crippen LogP contribution in [0.25, 0.3) is 11.2 Å². The highest BCUT2D eigenvalue weighted by atomic mass is 19.4. The van der Waals surface area contributed by atoms with Crippen LogP contribution in [0.5, 0.6) is 0 Å². The van der Waals surface area contributed by atoms with Crippen molar-refractivity contribution in [3.63, 3.8) is 0 Å². The molecule has 2 heterocycles. The molecule has 2 aromatic rings. The first-order valence-electron chi connectivity index (χ1n) is 6.09. The summed E-state index contributed by atoms with van der Waals surface area (Å²) in [6.45, 7) is 4.53. The van der Waals surface area contributed by atoms with Crippen molar-refractivity contribution in [1.29, 1.82) is 0 Å². The number of imidazole rings is 1. The number of halogens is 3. The molecular weight excluding hydrogens is 259 g/mol. The van der Waals surface area contributed by atoms with Gasteiger partial charge in [-0.05, 0) is 20.3 Å². The van der Waals surface area contributed by atoms with Gasteiger partial charge in [-0.1, -0.05) is 0 Å². The van der Waals surface area contributed by atoms with Crippen molar-refractivity contribution in [1.82, 2.24) is 19.3 Å². The van der Waals surface area contributed by atoms with Crippen LogP contribution < -0.4 is 5.73 Å². The predicted octanol–water partition coefficient (Wildman–Crippen LogP) is 2.49. The molecule has 0 saturated carbocycles. The van der Waals surface area contributed by atoms with Gasteiger partial charge in [0.15, 0.2) is 5.65 Å². The van der Waals surface area contributed by atoms with Crippen molar-refractivity contribution < 1.29 is 13.2 Å². The van der Waals surface area contributed by atoms with E-state index in [2.05, 4.69) is 10.1 Å². The van der Waals surface area contributed by atoms with Gasteiger partial charge in [0.05, 0.1) is 5.69 Å². The zero-order valence-electron chi connectivity index (χ0n) is 10.8. The molecule has 0 spiro atoms. The van der Waals surface area contributed by atoms with E-state index in [4.69, 9.17) is 5.73 Å². The predicted molar refractivity (Wildman–Crippen MR) is 65.6 cm³/mol. The van der Waals surface area contributed by atoms with Crippen molar-refractivity contribution in [3.05, 3.63) is 5.69 Å². The molecule has 2 aromatic heterocycles. The van der Waals surface area contributed by atoms with Gasteiger partial charge in [0.2, 0.25) is 5.95 Å². The van der Waals surface area contributed by atoms with Crippen LogP contribution in [-0.4, -0.2) is 25.5 Å². The second kappa shape index (κ2) is 4.75. The van der Waals surface area contributed by atoms with Gasteiger partial charge in [-0.3, -0.25) is 4.57 Å². The van der Waals surface area contributed by atoms with Crippen molar-refractivity contribution in [2.24, 2.45) is 0 Å². The van der Waals surface area contributed by atoms with Crippen LogP contribution in [0.2, 0.25) is 0 Å². The number of rotatable bonds is 4. The van der Waals surface area contributed by atoms with Crippen LogP contribution in [0.4, 0.5) is 19.1 Å². The summed E-state index contributed by atoms with van der Waals surface area (Å²) >= 11 is 0. The van der Waals surface area contributed by atoms with E-state index in [1.54, 1.807) is 16.2 Å². The molecule has 19 heavy (non-hydrogen) atoms. The molecule has 0 aromatic carbocycles. The smallest absolute Gasteiger partial charge is 0.369 e. The number of aromatic nitrogens is 4. The maximum atomic E-state index is 12.2. The molecule has 0 aliphatic heterocycles. The molecule has 0 amide bonds. The van der Waals surface area contributed by atoms with Gasteiger partial charge in [-0.15, -0.1) is 0 Å². The molecule has 0 unspecified atom stereocenters. The van der Waals surface area contributed by atoms with E-state index < -0.39 is 12.6 Å². The average molecular weight is 275 g/mol. The zero-order valence-corrected chi connectivity index (χ0v) is 10.8. The lowest BCUT2D eigenvalue weighted by atomic mass is 10.3. The second-order valence-corrected chi connectivity index (χ2v) is 4.41. The van der Waals surface area contributed by atoms with Gasteiger partial charge < -0.3 is 5.73 Å². The van der Waals surface area contributed by atoms with Crippen LogP contribution in [0, 0.1) is 6.92 Å². The minimum Gasteiger partial charge on any atom is -0.369 e. The topological polar surface area (TPSA) is 61.7 Å². The fourth-order valence-electron chi connectivity index (χ4n) is 2.12. The number of nitrogens with two attached hydrogens (primary N) is 1. The van der Waals surface area contributed by atoms with Crippen molar-refractivity contribution in [2.75, 3.05) is 5.73 Å². The van der Waals surface area contributed by atoms with Gasteiger partial charge in [-0.25, -0.2) is 9.67 Å². The molecule has 5 nitrogen and oxygen atoms in total. The van der Waals surface area contributed by atoms with Gasteiger partial charge in [0, 0.05) is 19.5 Å². The maximum Gasteiger partial charge on any atom is 0.389 e. The van der Waals surface area contributed by atoms with Crippen LogP contribution >= 0.6 is 0 Å². The molecule has 0 fully saturated rings. The highest BCUT2D eigenvalue weighted by Gasteiger charge is 2.26. The maximum absolute atomic E-state index is 12.2. The first-order chi connectivity index (χ1) is 8.83. The van der Waals surface area contributed by atoms with Gasteiger partial charge in [-0.2, -0.15) is 18.3 Å². The summed E-state index contributed by atoms with van der Waals surface area (Å²) in [5.74, 6) is 0.236. The molecule has 8 heteroatoms. The Hall–Kier alpha value is -1.73. The fourth-order valence-corrected chi connectivity index (χ4v) is 2.12. The summed E-state index contributed by atoms with van der Waals surface area (Å²) in [5.41, 5.74) is 7.86. The number of nitrogens with zero attached hydrogens (tertiary/aromatic N) is 4. The summed E-state index contributed by atoms with van der Waals surface area (Å²) in [6.07, 6.45) is -4.99. The third kappa shape index (κ3) is 2.66. The van der Waals surface area contributed by atoms with E-state index >= 15 is 0 Å². The number of hydrogen-bond acceptors (Lipinski definition) is 3. The lowest BCUT2D eigenvalue weighted by molar-refractivity contribution is -0.135. The van der Waals surface area contributed by atoms with Crippen molar-refractivity contribution in [3.8, 4) is 0 Å². The molecule has 0 aliphatic rings. The molecule has 0 radical (unpaired) electrons. The Morgan fingerprint density at radius 2 is 2.00 bits per heavy atom.